The summed E-state index contributed by atoms with van der Waals surface area (Å²) in [5, 5.41) is 4.18. The molecule has 1 aromatic heterocycles. The zero-order valence-electron chi connectivity index (χ0n) is 12.1. The van der Waals surface area contributed by atoms with Crippen molar-refractivity contribution >= 4 is 5.69 Å². The van der Waals surface area contributed by atoms with Crippen LogP contribution in [0.15, 0.2) is 22.7 Å². The first-order valence-electron chi connectivity index (χ1n) is 7.34. The van der Waals surface area contributed by atoms with Gasteiger partial charge in [-0.15, -0.1) is 0 Å². The lowest BCUT2D eigenvalue weighted by Gasteiger charge is -2.23. The lowest BCUT2D eigenvalue weighted by atomic mass is 9.83. The van der Waals surface area contributed by atoms with Crippen LogP contribution < -0.4 is 5.73 Å². The SMILES string of the molecule is Cc1cccc(N)c1-c1nc(C2CCC(C)CC2)no1. The summed E-state index contributed by atoms with van der Waals surface area (Å²) in [5.41, 5.74) is 8.66. The van der Waals surface area contributed by atoms with Gasteiger partial charge in [0.1, 0.15) is 0 Å². The average Bonchev–Trinajstić information content (AvgIpc) is 2.89. The van der Waals surface area contributed by atoms with Crippen molar-refractivity contribution in [1.82, 2.24) is 10.1 Å². The van der Waals surface area contributed by atoms with Gasteiger partial charge < -0.3 is 10.3 Å². The van der Waals surface area contributed by atoms with E-state index in [4.69, 9.17) is 10.3 Å². The Bertz CT molecular complexity index is 577. The minimum absolute atomic E-state index is 0.439. The Morgan fingerprint density at radius 2 is 1.95 bits per heavy atom. The van der Waals surface area contributed by atoms with Crippen molar-refractivity contribution in [3.63, 3.8) is 0 Å². The van der Waals surface area contributed by atoms with Gasteiger partial charge in [-0.2, -0.15) is 4.98 Å². The second-order valence-electron chi connectivity index (χ2n) is 5.95. The predicted molar refractivity (Wildman–Crippen MR) is 79.3 cm³/mol. The van der Waals surface area contributed by atoms with Crippen LogP contribution in [-0.4, -0.2) is 10.1 Å². The molecule has 0 aliphatic heterocycles. The molecule has 2 N–H and O–H groups in total. The molecule has 3 rings (SSSR count). The molecule has 0 spiro atoms. The zero-order chi connectivity index (χ0) is 14.1. The summed E-state index contributed by atoms with van der Waals surface area (Å²) in [6.07, 6.45) is 4.81. The van der Waals surface area contributed by atoms with Crippen LogP contribution in [0.5, 0.6) is 0 Å². The first-order chi connectivity index (χ1) is 9.65. The van der Waals surface area contributed by atoms with E-state index in [-0.39, 0.29) is 0 Å². The van der Waals surface area contributed by atoms with Crippen LogP contribution in [0.25, 0.3) is 11.5 Å². The second-order valence-corrected chi connectivity index (χ2v) is 5.95. The van der Waals surface area contributed by atoms with Gasteiger partial charge in [0.25, 0.3) is 5.89 Å². The standard InChI is InChI=1S/C16H21N3O/c1-10-6-8-12(9-7-10)15-18-16(20-19-15)14-11(2)4-3-5-13(14)17/h3-5,10,12H,6-9,17H2,1-2H3. The quantitative estimate of drug-likeness (QED) is 0.841. The molecule has 20 heavy (non-hydrogen) atoms. The molecule has 0 atom stereocenters. The molecule has 0 saturated heterocycles. The summed E-state index contributed by atoms with van der Waals surface area (Å²) >= 11 is 0. The summed E-state index contributed by atoms with van der Waals surface area (Å²) in [5.74, 6) is 2.65. The van der Waals surface area contributed by atoms with Gasteiger partial charge in [-0.1, -0.05) is 37.1 Å². The number of nitrogens with two attached hydrogens (primary N) is 1. The van der Waals surface area contributed by atoms with E-state index >= 15 is 0 Å². The molecule has 0 radical (unpaired) electrons. The molecule has 0 bridgehead atoms. The summed E-state index contributed by atoms with van der Waals surface area (Å²) in [4.78, 5) is 4.59. The smallest absolute Gasteiger partial charge is 0.260 e. The molecule has 0 unspecified atom stereocenters. The maximum atomic E-state index is 6.03. The maximum Gasteiger partial charge on any atom is 0.260 e. The molecule has 2 aromatic rings. The Morgan fingerprint density at radius 1 is 1.20 bits per heavy atom. The van der Waals surface area contributed by atoms with Crippen molar-refractivity contribution in [1.29, 1.82) is 0 Å². The lowest BCUT2D eigenvalue weighted by molar-refractivity contribution is 0.329. The lowest BCUT2D eigenvalue weighted by Crippen LogP contribution is -2.11. The molecule has 106 valence electrons. The molecule has 1 aliphatic rings. The number of aromatic nitrogens is 2. The van der Waals surface area contributed by atoms with Gasteiger partial charge in [-0.25, -0.2) is 0 Å². The molecule has 1 heterocycles. The summed E-state index contributed by atoms with van der Waals surface area (Å²) < 4.78 is 5.45. The third kappa shape index (κ3) is 2.42. The minimum atomic E-state index is 0.439. The third-order valence-corrected chi connectivity index (χ3v) is 4.34. The van der Waals surface area contributed by atoms with E-state index in [1.165, 1.54) is 12.8 Å². The summed E-state index contributed by atoms with van der Waals surface area (Å²) in [7, 11) is 0. The monoisotopic (exact) mass is 271 g/mol. The fraction of sp³-hybridized carbons (Fsp3) is 0.500. The van der Waals surface area contributed by atoms with Crippen molar-refractivity contribution in [2.45, 2.75) is 45.4 Å². The van der Waals surface area contributed by atoms with Gasteiger partial charge in [0.15, 0.2) is 5.82 Å². The van der Waals surface area contributed by atoms with Crippen molar-refractivity contribution in [2.24, 2.45) is 5.92 Å². The second kappa shape index (κ2) is 5.27. The van der Waals surface area contributed by atoms with Crippen LogP contribution in [0.2, 0.25) is 0 Å². The normalized spacial score (nSPS) is 22.9. The molecular formula is C16H21N3O. The Kier molecular flexibility index (Phi) is 3.47. The fourth-order valence-electron chi connectivity index (χ4n) is 3.00. The van der Waals surface area contributed by atoms with Gasteiger partial charge in [-0.05, 0) is 37.3 Å². The van der Waals surface area contributed by atoms with E-state index in [2.05, 4.69) is 17.1 Å². The Morgan fingerprint density at radius 3 is 2.65 bits per heavy atom. The van der Waals surface area contributed by atoms with E-state index in [0.717, 1.165) is 35.7 Å². The zero-order valence-corrected chi connectivity index (χ0v) is 12.1. The average molecular weight is 271 g/mol. The van der Waals surface area contributed by atoms with Crippen LogP contribution in [0.3, 0.4) is 0 Å². The number of benzene rings is 1. The van der Waals surface area contributed by atoms with E-state index in [1.54, 1.807) is 0 Å². The highest BCUT2D eigenvalue weighted by Gasteiger charge is 2.24. The highest BCUT2D eigenvalue weighted by atomic mass is 16.5. The van der Waals surface area contributed by atoms with Crippen molar-refractivity contribution in [3.05, 3.63) is 29.6 Å². The van der Waals surface area contributed by atoms with Crippen LogP contribution in [0.4, 0.5) is 5.69 Å². The Hall–Kier alpha value is -1.84. The van der Waals surface area contributed by atoms with E-state index in [1.807, 2.05) is 25.1 Å². The molecule has 1 fully saturated rings. The van der Waals surface area contributed by atoms with Gasteiger partial charge in [-0.3, -0.25) is 0 Å². The highest BCUT2D eigenvalue weighted by molar-refractivity contribution is 5.73. The topological polar surface area (TPSA) is 64.9 Å². The number of aryl methyl sites for hydroxylation is 1. The van der Waals surface area contributed by atoms with Crippen LogP contribution in [0, 0.1) is 12.8 Å². The molecule has 0 amide bonds. The minimum Gasteiger partial charge on any atom is -0.398 e. The number of nitrogen functional groups attached to an aromatic ring is 1. The fourth-order valence-corrected chi connectivity index (χ4v) is 3.00. The summed E-state index contributed by atoms with van der Waals surface area (Å²) in [6.45, 7) is 4.32. The number of nitrogens with zero attached hydrogens (tertiary/aromatic N) is 2. The van der Waals surface area contributed by atoms with Gasteiger partial charge in [0, 0.05) is 11.6 Å². The predicted octanol–water partition coefficient (Wildman–Crippen LogP) is 3.92. The van der Waals surface area contributed by atoms with Crippen molar-refractivity contribution in [2.75, 3.05) is 5.73 Å². The first kappa shape index (κ1) is 13.2. The van der Waals surface area contributed by atoms with Gasteiger partial charge in [0.05, 0.1) is 5.56 Å². The molecular weight excluding hydrogens is 250 g/mol. The van der Waals surface area contributed by atoms with E-state index < -0.39 is 0 Å². The van der Waals surface area contributed by atoms with Crippen molar-refractivity contribution < 1.29 is 4.52 Å². The molecule has 4 heteroatoms. The van der Waals surface area contributed by atoms with Gasteiger partial charge in [0.2, 0.25) is 0 Å². The van der Waals surface area contributed by atoms with Gasteiger partial charge >= 0.3 is 0 Å². The van der Waals surface area contributed by atoms with Crippen LogP contribution in [0.1, 0.15) is 49.9 Å². The molecule has 1 aliphatic carbocycles. The Balaban J connectivity index is 1.87. The van der Waals surface area contributed by atoms with E-state index in [9.17, 15) is 0 Å². The Labute approximate surface area is 119 Å². The maximum absolute atomic E-state index is 6.03. The van der Waals surface area contributed by atoms with E-state index in [0.29, 0.717) is 17.5 Å². The number of rotatable bonds is 2. The van der Waals surface area contributed by atoms with Crippen LogP contribution >= 0.6 is 0 Å². The summed E-state index contributed by atoms with van der Waals surface area (Å²) in [6, 6.07) is 5.82. The third-order valence-electron chi connectivity index (χ3n) is 4.34. The number of hydrogen-bond acceptors (Lipinski definition) is 4. The molecule has 4 nitrogen and oxygen atoms in total. The molecule has 1 saturated carbocycles. The largest absolute Gasteiger partial charge is 0.398 e. The van der Waals surface area contributed by atoms with Crippen molar-refractivity contribution in [3.8, 4) is 11.5 Å². The molecule has 1 aromatic carbocycles. The van der Waals surface area contributed by atoms with Crippen LogP contribution in [-0.2, 0) is 0 Å². The number of anilines is 1. The number of hydrogen-bond donors (Lipinski definition) is 1. The first-order valence-corrected chi connectivity index (χ1v) is 7.34. The highest BCUT2D eigenvalue weighted by Crippen LogP contribution is 2.35.